The molecule has 33 heavy (non-hydrogen) atoms. The molecule has 8 nitrogen and oxygen atoms in total. The standard InChI is InChI=1S/C21H20F3N5O3S/c1-3-29-19(26-27-20(29)32-16-7-4-14-10-11-25-18(14)12-16)13(2)28-33(30,31)17-8-5-15(6-9-17)21(22,23)24/h4-13,25,28H,3H2,1-2H3/t13-/m1/s1. The maximum atomic E-state index is 12.8. The molecule has 0 radical (unpaired) electrons. The second-order valence-corrected chi connectivity index (χ2v) is 8.99. The lowest BCUT2D eigenvalue weighted by molar-refractivity contribution is -0.137. The van der Waals surface area contributed by atoms with Crippen LogP contribution in [0.2, 0.25) is 0 Å². The van der Waals surface area contributed by atoms with Gasteiger partial charge in [-0.1, -0.05) is 5.10 Å². The van der Waals surface area contributed by atoms with Crippen LogP contribution >= 0.6 is 0 Å². The van der Waals surface area contributed by atoms with Crippen LogP contribution in [0.3, 0.4) is 0 Å². The van der Waals surface area contributed by atoms with Gasteiger partial charge in [0.15, 0.2) is 5.82 Å². The van der Waals surface area contributed by atoms with E-state index in [4.69, 9.17) is 4.74 Å². The number of hydrogen-bond donors (Lipinski definition) is 2. The first-order valence-corrected chi connectivity index (χ1v) is 11.4. The first-order chi connectivity index (χ1) is 15.6. The smallest absolute Gasteiger partial charge is 0.416 e. The Kier molecular flexibility index (Phi) is 5.89. The van der Waals surface area contributed by atoms with E-state index < -0.39 is 27.8 Å². The van der Waals surface area contributed by atoms with Crippen LogP contribution in [0, 0.1) is 0 Å². The van der Waals surface area contributed by atoms with Crippen molar-refractivity contribution in [1.82, 2.24) is 24.5 Å². The molecule has 1 atom stereocenters. The molecule has 4 rings (SSSR count). The minimum atomic E-state index is -4.55. The van der Waals surface area contributed by atoms with E-state index in [1.54, 1.807) is 23.6 Å². The lowest BCUT2D eigenvalue weighted by Crippen LogP contribution is -2.29. The Hall–Kier alpha value is -3.38. The minimum Gasteiger partial charge on any atom is -0.424 e. The summed E-state index contributed by atoms with van der Waals surface area (Å²) in [5.74, 6) is 0.820. The Morgan fingerprint density at radius 1 is 1.12 bits per heavy atom. The van der Waals surface area contributed by atoms with Gasteiger partial charge in [0.1, 0.15) is 5.75 Å². The Bertz CT molecular complexity index is 1380. The Labute approximate surface area is 187 Å². The first-order valence-electron chi connectivity index (χ1n) is 9.96. The predicted octanol–water partition coefficient (Wildman–Crippen LogP) is 4.63. The molecule has 174 valence electrons. The van der Waals surface area contributed by atoms with Gasteiger partial charge in [0.2, 0.25) is 10.0 Å². The number of fused-ring (bicyclic) bond motifs is 1. The van der Waals surface area contributed by atoms with E-state index in [1.165, 1.54) is 0 Å². The molecule has 0 saturated carbocycles. The van der Waals surface area contributed by atoms with Crippen LogP contribution in [0.15, 0.2) is 59.6 Å². The van der Waals surface area contributed by atoms with E-state index in [1.807, 2.05) is 25.3 Å². The molecule has 0 saturated heterocycles. The average molecular weight is 479 g/mol. The topological polar surface area (TPSA) is 102 Å². The van der Waals surface area contributed by atoms with Crippen molar-refractivity contribution in [2.75, 3.05) is 0 Å². The third-order valence-electron chi connectivity index (χ3n) is 5.01. The molecular weight excluding hydrogens is 459 g/mol. The molecule has 0 aliphatic rings. The molecule has 0 unspecified atom stereocenters. The van der Waals surface area contributed by atoms with Gasteiger partial charge in [-0.15, -0.1) is 5.10 Å². The molecule has 2 aromatic heterocycles. The van der Waals surface area contributed by atoms with Gasteiger partial charge in [0.05, 0.1) is 16.5 Å². The number of H-pyrrole nitrogens is 1. The van der Waals surface area contributed by atoms with Gasteiger partial charge in [-0.25, -0.2) is 13.1 Å². The van der Waals surface area contributed by atoms with Gasteiger partial charge in [0.25, 0.3) is 0 Å². The van der Waals surface area contributed by atoms with Gasteiger partial charge in [-0.05, 0) is 61.7 Å². The number of halogens is 3. The van der Waals surface area contributed by atoms with Crippen molar-refractivity contribution in [2.45, 2.75) is 37.5 Å². The Balaban J connectivity index is 1.54. The summed E-state index contributed by atoms with van der Waals surface area (Å²) in [7, 11) is -4.11. The van der Waals surface area contributed by atoms with Crippen LogP contribution in [-0.2, 0) is 22.7 Å². The van der Waals surface area contributed by atoms with Crippen molar-refractivity contribution in [3.8, 4) is 11.8 Å². The fourth-order valence-corrected chi connectivity index (χ4v) is 4.57. The van der Waals surface area contributed by atoms with Crippen molar-refractivity contribution in [1.29, 1.82) is 0 Å². The quantitative estimate of drug-likeness (QED) is 0.402. The number of sulfonamides is 1. The molecule has 0 aliphatic heterocycles. The average Bonchev–Trinajstić information content (AvgIpc) is 3.39. The summed E-state index contributed by atoms with van der Waals surface area (Å²) in [6.07, 6.45) is -2.74. The number of alkyl halides is 3. The first kappa shape index (κ1) is 22.8. The largest absolute Gasteiger partial charge is 0.424 e. The van der Waals surface area contributed by atoms with Crippen LogP contribution in [-0.4, -0.2) is 28.2 Å². The summed E-state index contributed by atoms with van der Waals surface area (Å²) < 4.78 is 73.5. The minimum absolute atomic E-state index is 0.180. The fourth-order valence-electron chi connectivity index (χ4n) is 3.37. The van der Waals surface area contributed by atoms with Crippen LogP contribution < -0.4 is 9.46 Å². The van der Waals surface area contributed by atoms with Crippen molar-refractivity contribution in [3.05, 3.63) is 66.1 Å². The highest BCUT2D eigenvalue weighted by Gasteiger charge is 2.31. The SMILES string of the molecule is CCn1c(Oc2ccc3cc[nH]c3c2)nnc1[C@@H](C)NS(=O)(=O)c1ccc(C(F)(F)F)cc1. The molecule has 0 fully saturated rings. The zero-order valence-corrected chi connectivity index (χ0v) is 18.4. The highest BCUT2D eigenvalue weighted by molar-refractivity contribution is 7.89. The molecule has 12 heteroatoms. The van der Waals surface area contributed by atoms with Crippen LogP contribution in [0.4, 0.5) is 13.2 Å². The Morgan fingerprint density at radius 3 is 2.52 bits per heavy atom. The second kappa shape index (κ2) is 8.52. The molecule has 2 heterocycles. The van der Waals surface area contributed by atoms with E-state index >= 15 is 0 Å². The van der Waals surface area contributed by atoms with Crippen LogP contribution in [0.5, 0.6) is 11.8 Å². The molecule has 0 aliphatic carbocycles. The number of hydrogen-bond acceptors (Lipinski definition) is 5. The number of benzene rings is 2. The zero-order valence-electron chi connectivity index (χ0n) is 17.6. The molecule has 2 aromatic carbocycles. The summed E-state index contributed by atoms with van der Waals surface area (Å²) in [5, 5.41) is 9.12. The molecule has 4 aromatic rings. The number of nitrogens with one attached hydrogen (secondary N) is 2. The number of ether oxygens (including phenoxy) is 1. The number of aromatic nitrogens is 4. The third-order valence-corrected chi connectivity index (χ3v) is 6.57. The molecule has 2 N–H and O–H groups in total. The summed E-state index contributed by atoms with van der Waals surface area (Å²) in [6, 6.07) is 10.0. The van der Waals surface area contributed by atoms with Gasteiger partial charge in [-0.2, -0.15) is 13.2 Å². The van der Waals surface area contributed by atoms with Crippen LogP contribution in [0.1, 0.15) is 31.3 Å². The normalized spacial score (nSPS) is 13.4. The molecular formula is C21H20F3N5O3S. The van der Waals surface area contributed by atoms with Crippen molar-refractivity contribution < 1.29 is 26.3 Å². The summed E-state index contributed by atoms with van der Waals surface area (Å²) in [6.45, 7) is 3.78. The summed E-state index contributed by atoms with van der Waals surface area (Å²) in [4.78, 5) is 2.80. The third kappa shape index (κ3) is 4.71. The van der Waals surface area contributed by atoms with Crippen molar-refractivity contribution in [3.63, 3.8) is 0 Å². The van der Waals surface area contributed by atoms with E-state index in [9.17, 15) is 21.6 Å². The van der Waals surface area contributed by atoms with Gasteiger partial charge in [0, 0.05) is 24.3 Å². The van der Waals surface area contributed by atoms with E-state index in [-0.39, 0.29) is 10.9 Å². The zero-order chi connectivity index (χ0) is 23.8. The number of nitrogens with zero attached hydrogens (tertiary/aromatic N) is 3. The van der Waals surface area contributed by atoms with E-state index in [0.29, 0.717) is 18.1 Å². The monoisotopic (exact) mass is 479 g/mol. The van der Waals surface area contributed by atoms with E-state index in [2.05, 4.69) is 19.9 Å². The maximum absolute atomic E-state index is 12.8. The predicted molar refractivity (Wildman–Crippen MR) is 114 cm³/mol. The van der Waals surface area contributed by atoms with Crippen LogP contribution in [0.25, 0.3) is 10.9 Å². The Morgan fingerprint density at radius 2 is 1.85 bits per heavy atom. The second-order valence-electron chi connectivity index (χ2n) is 7.28. The molecule has 0 amide bonds. The summed E-state index contributed by atoms with van der Waals surface area (Å²) in [5.41, 5.74) is -0.0486. The van der Waals surface area contributed by atoms with Gasteiger partial charge in [-0.3, -0.25) is 4.57 Å². The highest BCUT2D eigenvalue weighted by Crippen LogP contribution is 2.30. The molecule has 0 spiro atoms. The van der Waals surface area contributed by atoms with Crippen molar-refractivity contribution >= 4 is 20.9 Å². The molecule has 0 bridgehead atoms. The van der Waals surface area contributed by atoms with Gasteiger partial charge < -0.3 is 9.72 Å². The lowest BCUT2D eigenvalue weighted by atomic mass is 10.2. The highest BCUT2D eigenvalue weighted by atomic mass is 32.2. The number of rotatable bonds is 7. The lowest BCUT2D eigenvalue weighted by Gasteiger charge is -2.16. The summed E-state index contributed by atoms with van der Waals surface area (Å²) >= 11 is 0. The van der Waals surface area contributed by atoms with Crippen molar-refractivity contribution in [2.24, 2.45) is 0 Å². The number of aromatic amines is 1. The maximum Gasteiger partial charge on any atom is 0.416 e. The van der Waals surface area contributed by atoms with Gasteiger partial charge >= 0.3 is 12.2 Å². The van der Waals surface area contributed by atoms with E-state index in [0.717, 1.165) is 35.2 Å². The fraction of sp³-hybridized carbons (Fsp3) is 0.238.